The molecule has 1 unspecified atom stereocenters. The number of ether oxygens (including phenoxy) is 1. The van der Waals surface area contributed by atoms with E-state index in [4.69, 9.17) is 9.84 Å². The van der Waals surface area contributed by atoms with Gasteiger partial charge in [0.25, 0.3) is 0 Å². The highest BCUT2D eigenvalue weighted by molar-refractivity contribution is 9.12. The highest BCUT2D eigenvalue weighted by atomic mass is 79.9. The smallest absolute Gasteiger partial charge is 0.119 e. The van der Waals surface area contributed by atoms with Crippen LogP contribution in [-0.4, -0.2) is 21.9 Å². The molecule has 0 radical (unpaired) electrons. The van der Waals surface area contributed by atoms with Gasteiger partial charge in [0, 0.05) is 10.2 Å². The molecule has 1 atom stereocenters. The zero-order valence-corrected chi connectivity index (χ0v) is 12.2. The SMILES string of the molecule is Oc1ccc(OCCCCC(Br)CBr)cc1. The molecule has 0 saturated carbocycles. The molecule has 0 heterocycles. The molecule has 1 rings (SSSR count). The van der Waals surface area contributed by atoms with Crippen molar-refractivity contribution < 1.29 is 9.84 Å². The minimum absolute atomic E-state index is 0.270. The fraction of sp³-hybridized carbons (Fsp3) is 0.500. The summed E-state index contributed by atoms with van der Waals surface area (Å²) < 4.78 is 5.54. The van der Waals surface area contributed by atoms with Crippen molar-refractivity contribution in [1.82, 2.24) is 0 Å². The van der Waals surface area contributed by atoms with Gasteiger partial charge < -0.3 is 9.84 Å². The van der Waals surface area contributed by atoms with Crippen molar-refractivity contribution in [3.8, 4) is 11.5 Å². The number of phenols is 1. The van der Waals surface area contributed by atoms with Gasteiger partial charge in [0.15, 0.2) is 0 Å². The monoisotopic (exact) mass is 350 g/mol. The minimum atomic E-state index is 0.270. The Morgan fingerprint density at radius 1 is 1.19 bits per heavy atom. The zero-order valence-electron chi connectivity index (χ0n) is 9.03. The lowest BCUT2D eigenvalue weighted by atomic mass is 10.2. The maximum atomic E-state index is 9.09. The summed E-state index contributed by atoms with van der Waals surface area (Å²) in [7, 11) is 0. The van der Waals surface area contributed by atoms with Crippen LogP contribution in [0.2, 0.25) is 0 Å². The Bertz CT molecular complexity index is 288. The summed E-state index contributed by atoms with van der Waals surface area (Å²) in [6, 6.07) is 6.82. The summed E-state index contributed by atoms with van der Waals surface area (Å²) in [4.78, 5) is 0.557. The summed E-state index contributed by atoms with van der Waals surface area (Å²) >= 11 is 6.99. The van der Waals surface area contributed by atoms with Crippen LogP contribution in [0.3, 0.4) is 0 Å². The van der Waals surface area contributed by atoms with E-state index >= 15 is 0 Å². The number of halogens is 2. The van der Waals surface area contributed by atoms with Crippen LogP contribution < -0.4 is 4.74 Å². The molecular formula is C12H16Br2O2. The lowest BCUT2D eigenvalue weighted by molar-refractivity contribution is 0.305. The van der Waals surface area contributed by atoms with Crippen LogP contribution in [0.25, 0.3) is 0 Å². The van der Waals surface area contributed by atoms with Crippen molar-refractivity contribution in [1.29, 1.82) is 0 Å². The fourth-order valence-corrected chi connectivity index (χ4v) is 1.92. The number of unbranched alkanes of at least 4 members (excludes halogenated alkanes) is 1. The van der Waals surface area contributed by atoms with Crippen molar-refractivity contribution in [2.45, 2.75) is 24.1 Å². The Morgan fingerprint density at radius 3 is 2.50 bits per heavy atom. The molecule has 90 valence electrons. The molecule has 2 nitrogen and oxygen atoms in total. The summed E-state index contributed by atoms with van der Waals surface area (Å²) in [6.45, 7) is 0.729. The summed E-state index contributed by atoms with van der Waals surface area (Å²) in [5, 5.41) is 10.1. The highest BCUT2D eigenvalue weighted by Gasteiger charge is 2.01. The van der Waals surface area contributed by atoms with Gasteiger partial charge in [-0.15, -0.1) is 0 Å². The first-order chi connectivity index (χ1) is 7.72. The van der Waals surface area contributed by atoms with Gasteiger partial charge in [0.05, 0.1) is 6.61 Å². The Labute approximate surface area is 113 Å². The van der Waals surface area contributed by atoms with E-state index < -0.39 is 0 Å². The van der Waals surface area contributed by atoms with Crippen molar-refractivity contribution >= 4 is 31.9 Å². The highest BCUT2D eigenvalue weighted by Crippen LogP contribution is 2.17. The van der Waals surface area contributed by atoms with Crippen LogP contribution in [0.4, 0.5) is 0 Å². The van der Waals surface area contributed by atoms with E-state index in [9.17, 15) is 0 Å². The first kappa shape index (κ1) is 13.8. The summed E-state index contributed by atoms with van der Waals surface area (Å²) in [5.41, 5.74) is 0. The van der Waals surface area contributed by atoms with Crippen molar-refractivity contribution in [3.63, 3.8) is 0 Å². The maximum absolute atomic E-state index is 9.09. The van der Waals surface area contributed by atoms with Crippen molar-refractivity contribution in [2.24, 2.45) is 0 Å². The van der Waals surface area contributed by atoms with E-state index in [-0.39, 0.29) is 5.75 Å². The Kier molecular flexibility index (Phi) is 6.88. The van der Waals surface area contributed by atoms with Gasteiger partial charge >= 0.3 is 0 Å². The molecule has 0 aliphatic rings. The fourth-order valence-electron chi connectivity index (χ4n) is 1.28. The van der Waals surface area contributed by atoms with E-state index in [1.54, 1.807) is 24.3 Å². The minimum Gasteiger partial charge on any atom is -0.508 e. The number of aromatic hydroxyl groups is 1. The standard InChI is InChI=1S/C12H16Br2O2/c13-9-10(14)3-1-2-8-16-12-6-4-11(15)5-7-12/h4-7,10,15H,1-3,8-9H2. The first-order valence-electron chi connectivity index (χ1n) is 5.34. The molecule has 0 spiro atoms. The van der Waals surface area contributed by atoms with Crippen LogP contribution in [0.15, 0.2) is 24.3 Å². The topological polar surface area (TPSA) is 29.5 Å². The van der Waals surface area contributed by atoms with E-state index in [0.29, 0.717) is 4.83 Å². The third-order valence-electron chi connectivity index (χ3n) is 2.18. The van der Waals surface area contributed by atoms with Gasteiger partial charge in [-0.2, -0.15) is 0 Å². The predicted molar refractivity (Wildman–Crippen MR) is 74.0 cm³/mol. The molecule has 4 heteroatoms. The molecule has 0 fully saturated rings. The molecule has 0 saturated heterocycles. The maximum Gasteiger partial charge on any atom is 0.119 e. The number of rotatable bonds is 7. The molecule has 1 aromatic rings. The molecule has 0 aromatic heterocycles. The van der Waals surface area contributed by atoms with Gasteiger partial charge in [-0.05, 0) is 43.5 Å². The summed E-state index contributed by atoms with van der Waals surface area (Å²) in [6.07, 6.45) is 3.36. The second-order valence-corrected chi connectivity index (χ2v) is 5.53. The average molecular weight is 352 g/mol. The van der Waals surface area contributed by atoms with E-state index in [0.717, 1.165) is 36.9 Å². The van der Waals surface area contributed by atoms with E-state index in [1.165, 1.54) is 0 Å². The number of benzene rings is 1. The van der Waals surface area contributed by atoms with Crippen LogP contribution in [0, 0.1) is 0 Å². The van der Waals surface area contributed by atoms with E-state index in [1.807, 2.05) is 0 Å². The Morgan fingerprint density at radius 2 is 1.88 bits per heavy atom. The molecule has 0 amide bonds. The van der Waals surface area contributed by atoms with Crippen LogP contribution in [0.1, 0.15) is 19.3 Å². The van der Waals surface area contributed by atoms with Crippen LogP contribution in [-0.2, 0) is 0 Å². The second-order valence-electron chi connectivity index (χ2n) is 3.59. The third kappa shape index (κ3) is 5.75. The molecule has 0 aliphatic heterocycles. The van der Waals surface area contributed by atoms with Crippen molar-refractivity contribution in [3.05, 3.63) is 24.3 Å². The van der Waals surface area contributed by atoms with Gasteiger partial charge in [-0.1, -0.05) is 31.9 Å². The lowest BCUT2D eigenvalue weighted by Crippen LogP contribution is -2.02. The average Bonchev–Trinajstić information content (AvgIpc) is 2.31. The van der Waals surface area contributed by atoms with Gasteiger partial charge in [-0.3, -0.25) is 0 Å². The van der Waals surface area contributed by atoms with Crippen molar-refractivity contribution in [2.75, 3.05) is 11.9 Å². The second kappa shape index (κ2) is 7.96. The number of hydrogen-bond acceptors (Lipinski definition) is 2. The first-order valence-corrected chi connectivity index (χ1v) is 7.38. The normalized spacial score (nSPS) is 12.4. The summed E-state index contributed by atoms with van der Waals surface area (Å²) in [5.74, 6) is 1.08. The molecule has 16 heavy (non-hydrogen) atoms. The quantitative estimate of drug-likeness (QED) is 0.592. The van der Waals surface area contributed by atoms with Gasteiger partial charge in [0.1, 0.15) is 11.5 Å². The molecular weight excluding hydrogens is 336 g/mol. The number of phenolic OH excluding ortho intramolecular Hbond substituents is 1. The molecule has 1 aromatic carbocycles. The Balaban J connectivity index is 2.09. The van der Waals surface area contributed by atoms with Crippen LogP contribution in [0.5, 0.6) is 11.5 Å². The van der Waals surface area contributed by atoms with Gasteiger partial charge in [0.2, 0.25) is 0 Å². The molecule has 0 aliphatic carbocycles. The van der Waals surface area contributed by atoms with E-state index in [2.05, 4.69) is 31.9 Å². The Hall–Kier alpha value is -0.220. The molecule has 1 N–H and O–H groups in total. The number of hydrogen-bond donors (Lipinski definition) is 1. The zero-order chi connectivity index (χ0) is 11.8. The van der Waals surface area contributed by atoms with Crippen LogP contribution >= 0.6 is 31.9 Å². The number of alkyl halides is 2. The predicted octanol–water partition coefficient (Wildman–Crippen LogP) is 4.10. The molecule has 0 bridgehead atoms. The third-order valence-corrected chi connectivity index (χ3v) is 4.62. The van der Waals surface area contributed by atoms with Gasteiger partial charge in [-0.25, -0.2) is 0 Å². The lowest BCUT2D eigenvalue weighted by Gasteiger charge is -2.07. The largest absolute Gasteiger partial charge is 0.508 e.